The fraction of sp³-hybridized carbons (Fsp3) is 0.417. The van der Waals surface area contributed by atoms with Crippen molar-refractivity contribution < 1.29 is 8.42 Å². The number of nitrogens with zero attached hydrogens (tertiary/aromatic N) is 4. The number of hydrogen-bond donors (Lipinski definition) is 1. The summed E-state index contributed by atoms with van der Waals surface area (Å²) >= 11 is 0. The third-order valence-electron chi connectivity index (χ3n) is 5.87. The molecule has 0 saturated carbocycles. The Kier molecular flexibility index (Phi) is 7.41. The number of allylic oxidation sites excluding steroid dienone is 1. The molecule has 1 atom stereocenters. The zero-order valence-corrected chi connectivity index (χ0v) is 19.8. The van der Waals surface area contributed by atoms with Crippen LogP contribution in [-0.2, 0) is 9.84 Å². The molecule has 1 N–H and O–H groups in total. The summed E-state index contributed by atoms with van der Waals surface area (Å²) in [4.78, 5) is 13.5. The monoisotopic (exact) mass is 453 g/mol. The SMILES string of the molecule is C#CCN(c1ccc(S(C)(=O)=O)cn1)[C@@H]1CCN(/C(CC(=C)CC)=C2\C=CNC2=NC)C1. The van der Waals surface area contributed by atoms with Gasteiger partial charge in [0.25, 0.3) is 0 Å². The Bertz CT molecular complexity index is 1090. The Morgan fingerprint density at radius 1 is 1.47 bits per heavy atom. The largest absolute Gasteiger partial charge is 0.372 e. The molecule has 0 aliphatic carbocycles. The van der Waals surface area contributed by atoms with Gasteiger partial charge in [-0.25, -0.2) is 13.4 Å². The molecule has 7 nitrogen and oxygen atoms in total. The van der Waals surface area contributed by atoms with Crippen molar-refractivity contribution in [2.75, 3.05) is 37.8 Å². The molecule has 1 fully saturated rings. The molecule has 0 bridgehead atoms. The highest BCUT2D eigenvalue weighted by Crippen LogP contribution is 2.30. The highest BCUT2D eigenvalue weighted by Gasteiger charge is 2.31. The molecule has 0 amide bonds. The molecule has 1 aromatic heterocycles. The van der Waals surface area contributed by atoms with Gasteiger partial charge in [0.2, 0.25) is 0 Å². The standard InChI is InChI=1S/C24H31N5O2S/c1-6-13-29(23-9-8-20(16-27-23)32(5,30)31)19-11-14-28(17-19)22(15-18(3)7-2)21-10-12-26-24(21)25-4/h1,8-10,12,16,19H,3,7,11,13-15,17H2,2,4-5H3,(H,25,26)/b22-21+/t19-/m1/s1. The molecule has 8 heteroatoms. The van der Waals surface area contributed by atoms with E-state index in [0.717, 1.165) is 43.8 Å². The minimum Gasteiger partial charge on any atom is -0.372 e. The lowest BCUT2D eigenvalue weighted by molar-refractivity contribution is 0.405. The number of amidine groups is 1. The van der Waals surface area contributed by atoms with E-state index in [1.54, 1.807) is 19.2 Å². The number of terminal acetylenes is 1. The van der Waals surface area contributed by atoms with Gasteiger partial charge in [-0.15, -0.1) is 6.42 Å². The average Bonchev–Trinajstić information content (AvgIpc) is 3.45. The third-order valence-corrected chi connectivity index (χ3v) is 6.97. The minimum atomic E-state index is -3.30. The molecule has 0 spiro atoms. The number of aliphatic imine (C=N–C) groups is 1. The fourth-order valence-electron chi connectivity index (χ4n) is 4.02. The van der Waals surface area contributed by atoms with Crippen LogP contribution in [0.25, 0.3) is 0 Å². The van der Waals surface area contributed by atoms with Crippen LogP contribution >= 0.6 is 0 Å². The third kappa shape index (κ3) is 5.22. The van der Waals surface area contributed by atoms with Crippen molar-refractivity contribution in [3.8, 4) is 12.3 Å². The predicted molar refractivity (Wildman–Crippen MR) is 130 cm³/mol. The van der Waals surface area contributed by atoms with E-state index in [0.29, 0.717) is 12.4 Å². The lowest BCUT2D eigenvalue weighted by atomic mass is 10.0. The summed E-state index contributed by atoms with van der Waals surface area (Å²) in [6.07, 6.45) is 14.9. The summed E-state index contributed by atoms with van der Waals surface area (Å²) in [6.45, 7) is 8.42. The van der Waals surface area contributed by atoms with Crippen molar-refractivity contribution in [2.45, 2.75) is 37.1 Å². The van der Waals surface area contributed by atoms with E-state index in [1.165, 1.54) is 23.7 Å². The second-order valence-electron chi connectivity index (χ2n) is 8.04. The van der Waals surface area contributed by atoms with Gasteiger partial charge < -0.3 is 15.1 Å². The number of sulfone groups is 1. The van der Waals surface area contributed by atoms with Crippen molar-refractivity contribution in [1.29, 1.82) is 0 Å². The minimum absolute atomic E-state index is 0.161. The van der Waals surface area contributed by atoms with E-state index in [1.807, 2.05) is 6.20 Å². The Morgan fingerprint density at radius 2 is 2.25 bits per heavy atom. The molecule has 3 rings (SSSR count). The van der Waals surface area contributed by atoms with Crippen molar-refractivity contribution in [3.63, 3.8) is 0 Å². The van der Waals surface area contributed by atoms with Crippen LogP contribution in [0.1, 0.15) is 26.2 Å². The van der Waals surface area contributed by atoms with Gasteiger partial charge in [0, 0.05) is 56.5 Å². The van der Waals surface area contributed by atoms with Gasteiger partial charge >= 0.3 is 0 Å². The number of likely N-dealkylation sites (tertiary alicyclic amines) is 1. The van der Waals surface area contributed by atoms with Crippen LogP contribution in [-0.4, -0.2) is 63.1 Å². The van der Waals surface area contributed by atoms with Gasteiger partial charge in [0.1, 0.15) is 11.7 Å². The molecular weight excluding hydrogens is 422 g/mol. The second-order valence-corrected chi connectivity index (χ2v) is 10.1. The Morgan fingerprint density at radius 3 is 2.84 bits per heavy atom. The molecule has 170 valence electrons. The van der Waals surface area contributed by atoms with Crippen molar-refractivity contribution in [3.05, 3.63) is 54.0 Å². The van der Waals surface area contributed by atoms with Gasteiger partial charge in [-0.3, -0.25) is 4.99 Å². The average molecular weight is 454 g/mol. The van der Waals surface area contributed by atoms with Crippen molar-refractivity contribution in [1.82, 2.24) is 15.2 Å². The summed E-state index contributed by atoms with van der Waals surface area (Å²) in [5.41, 5.74) is 3.48. The predicted octanol–water partition coefficient (Wildman–Crippen LogP) is 2.75. The molecule has 0 unspecified atom stereocenters. The number of pyridine rings is 1. The van der Waals surface area contributed by atoms with E-state index in [4.69, 9.17) is 6.42 Å². The zero-order chi connectivity index (χ0) is 23.3. The summed E-state index contributed by atoms with van der Waals surface area (Å²) in [5.74, 6) is 4.28. The maximum absolute atomic E-state index is 11.8. The Labute approximate surface area is 191 Å². The van der Waals surface area contributed by atoms with Crippen LogP contribution in [0.4, 0.5) is 5.82 Å². The highest BCUT2D eigenvalue weighted by atomic mass is 32.2. The second kappa shape index (κ2) is 10.0. The highest BCUT2D eigenvalue weighted by molar-refractivity contribution is 7.90. The van der Waals surface area contributed by atoms with Crippen LogP contribution in [0.2, 0.25) is 0 Å². The Hall–Kier alpha value is -3.05. The first-order valence-electron chi connectivity index (χ1n) is 10.7. The molecule has 32 heavy (non-hydrogen) atoms. The smallest absolute Gasteiger partial charge is 0.177 e. The van der Waals surface area contributed by atoms with Crippen LogP contribution in [0.15, 0.2) is 63.9 Å². The van der Waals surface area contributed by atoms with E-state index in [-0.39, 0.29) is 10.9 Å². The molecule has 0 aromatic carbocycles. The number of anilines is 1. The quantitative estimate of drug-likeness (QED) is 0.482. The van der Waals surface area contributed by atoms with Crippen LogP contribution in [0.3, 0.4) is 0 Å². The first-order valence-corrected chi connectivity index (χ1v) is 12.6. The van der Waals surface area contributed by atoms with Gasteiger partial charge in [0.05, 0.1) is 17.5 Å². The number of nitrogens with one attached hydrogen (secondary N) is 1. The van der Waals surface area contributed by atoms with Crippen LogP contribution in [0, 0.1) is 12.3 Å². The molecule has 2 aliphatic rings. The Balaban J connectivity index is 1.87. The summed E-state index contributed by atoms with van der Waals surface area (Å²) in [7, 11) is -1.51. The first-order chi connectivity index (χ1) is 15.3. The molecule has 2 aliphatic heterocycles. The molecule has 0 radical (unpaired) electrons. The molecule has 3 heterocycles. The van der Waals surface area contributed by atoms with Gasteiger partial charge in [-0.05, 0) is 31.1 Å². The number of aromatic nitrogens is 1. The lowest BCUT2D eigenvalue weighted by Crippen LogP contribution is -2.38. The van der Waals surface area contributed by atoms with Gasteiger partial charge in [-0.2, -0.15) is 0 Å². The first kappa shape index (κ1) is 23.6. The summed E-state index contributed by atoms with van der Waals surface area (Å²) in [6, 6.07) is 3.49. The zero-order valence-electron chi connectivity index (χ0n) is 19.0. The number of rotatable bonds is 8. The van der Waals surface area contributed by atoms with E-state index in [2.05, 4.69) is 50.6 Å². The van der Waals surface area contributed by atoms with Crippen LogP contribution < -0.4 is 10.2 Å². The van der Waals surface area contributed by atoms with Crippen LogP contribution in [0.5, 0.6) is 0 Å². The van der Waals surface area contributed by atoms with Gasteiger partial charge in [0.15, 0.2) is 9.84 Å². The summed E-state index contributed by atoms with van der Waals surface area (Å²) in [5, 5.41) is 3.21. The van der Waals surface area contributed by atoms with Crippen molar-refractivity contribution >= 4 is 21.5 Å². The maximum atomic E-state index is 11.8. The topological polar surface area (TPSA) is 77.9 Å². The molecule has 1 aromatic rings. The number of hydrogen-bond acceptors (Lipinski definition) is 6. The maximum Gasteiger partial charge on any atom is 0.177 e. The van der Waals surface area contributed by atoms with E-state index < -0.39 is 9.84 Å². The fourth-order valence-corrected chi connectivity index (χ4v) is 4.58. The normalized spacial score (nSPS) is 20.9. The van der Waals surface area contributed by atoms with E-state index in [9.17, 15) is 8.42 Å². The summed E-state index contributed by atoms with van der Waals surface area (Å²) < 4.78 is 23.6. The van der Waals surface area contributed by atoms with Crippen molar-refractivity contribution in [2.24, 2.45) is 4.99 Å². The lowest BCUT2D eigenvalue weighted by Gasteiger charge is -2.30. The van der Waals surface area contributed by atoms with E-state index >= 15 is 0 Å². The van der Waals surface area contributed by atoms with Gasteiger partial charge in [-0.1, -0.05) is 25.0 Å². The molecular formula is C24H31N5O2S. The molecule has 1 saturated heterocycles.